The highest BCUT2D eigenvalue weighted by molar-refractivity contribution is 6.00. The van der Waals surface area contributed by atoms with E-state index in [1.54, 1.807) is 31.4 Å². The van der Waals surface area contributed by atoms with Crippen LogP contribution in [-0.4, -0.2) is 13.1 Å². The summed E-state index contributed by atoms with van der Waals surface area (Å²) in [5, 5.41) is 5.59. The Morgan fingerprint density at radius 3 is 2.23 bits per heavy atom. The Hall–Kier alpha value is -3.47. The van der Waals surface area contributed by atoms with Gasteiger partial charge in [0.05, 0.1) is 12.8 Å². The number of methoxy groups -OCH3 is 1. The molecule has 2 amide bonds. The number of aryl methyl sites for hydroxylation is 1. The molecule has 0 bridgehead atoms. The Kier molecular flexibility index (Phi) is 5.39. The van der Waals surface area contributed by atoms with Crippen LogP contribution in [0.4, 0.5) is 16.2 Å². The number of urea groups is 1. The summed E-state index contributed by atoms with van der Waals surface area (Å²) in [6.07, 6.45) is 0. The average Bonchev–Trinajstić information content (AvgIpc) is 2.64. The maximum absolute atomic E-state index is 12.2. The van der Waals surface area contributed by atoms with Gasteiger partial charge in [-0.1, -0.05) is 24.3 Å². The van der Waals surface area contributed by atoms with Gasteiger partial charge in [0.1, 0.15) is 17.2 Å². The van der Waals surface area contributed by atoms with Crippen molar-refractivity contribution < 1.29 is 14.3 Å². The summed E-state index contributed by atoms with van der Waals surface area (Å²) < 4.78 is 11.0. The average molecular weight is 348 g/mol. The van der Waals surface area contributed by atoms with Crippen molar-refractivity contribution in [3.05, 3.63) is 78.4 Å². The van der Waals surface area contributed by atoms with Crippen LogP contribution < -0.4 is 20.1 Å². The maximum Gasteiger partial charge on any atom is 0.323 e. The fourth-order valence-corrected chi connectivity index (χ4v) is 2.44. The van der Waals surface area contributed by atoms with Crippen molar-refractivity contribution in [2.75, 3.05) is 17.7 Å². The molecule has 0 heterocycles. The predicted octanol–water partition coefficient (Wildman–Crippen LogP) is 5.44. The van der Waals surface area contributed by atoms with Gasteiger partial charge in [-0.25, -0.2) is 4.79 Å². The molecule has 0 fully saturated rings. The number of benzene rings is 3. The minimum absolute atomic E-state index is 0.342. The van der Waals surface area contributed by atoms with E-state index in [2.05, 4.69) is 10.6 Å². The van der Waals surface area contributed by atoms with Crippen LogP contribution in [0.25, 0.3) is 0 Å². The van der Waals surface area contributed by atoms with Crippen molar-refractivity contribution in [2.24, 2.45) is 0 Å². The molecule has 0 saturated heterocycles. The third kappa shape index (κ3) is 4.54. The molecule has 0 atom stereocenters. The van der Waals surface area contributed by atoms with Crippen LogP contribution in [0.15, 0.2) is 72.8 Å². The second-order valence-corrected chi connectivity index (χ2v) is 5.72. The number of ether oxygens (including phenoxy) is 2. The van der Waals surface area contributed by atoms with E-state index in [1.807, 2.05) is 55.5 Å². The number of rotatable bonds is 5. The molecule has 3 aromatic carbocycles. The summed E-state index contributed by atoms with van der Waals surface area (Å²) in [7, 11) is 1.57. The number of carbonyl (C=O) groups is 1. The molecule has 0 saturated carbocycles. The number of carbonyl (C=O) groups excluding carboxylic acids is 1. The topological polar surface area (TPSA) is 59.6 Å². The second-order valence-electron chi connectivity index (χ2n) is 5.72. The fourth-order valence-electron chi connectivity index (χ4n) is 2.44. The number of anilines is 2. The first-order chi connectivity index (χ1) is 12.6. The first-order valence-electron chi connectivity index (χ1n) is 8.19. The van der Waals surface area contributed by atoms with Crippen LogP contribution in [0.5, 0.6) is 17.2 Å². The zero-order valence-corrected chi connectivity index (χ0v) is 14.7. The molecule has 0 aliphatic carbocycles. The summed E-state index contributed by atoms with van der Waals surface area (Å²) >= 11 is 0. The molecular formula is C21H20N2O3. The normalized spacial score (nSPS) is 10.1. The molecule has 0 aromatic heterocycles. The molecule has 2 N–H and O–H groups in total. The van der Waals surface area contributed by atoms with Crippen LogP contribution in [0.2, 0.25) is 0 Å². The molecule has 5 nitrogen and oxygen atoms in total. The second kappa shape index (κ2) is 8.07. The third-order valence-corrected chi connectivity index (χ3v) is 3.69. The van der Waals surface area contributed by atoms with Crippen LogP contribution in [-0.2, 0) is 0 Å². The van der Waals surface area contributed by atoms with Crippen molar-refractivity contribution in [3.8, 4) is 17.2 Å². The minimum atomic E-state index is -0.342. The van der Waals surface area contributed by atoms with Crippen molar-refractivity contribution in [1.29, 1.82) is 0 Å². The van der Waals surface area contributed by atoms with Crippen LogP contribution >= 0.6 is 0 Å². The standard InChI is InChI=1S/C21H20N2O3/c1-15-8-13-20(25-2)19(14-15)23-21(24)22-16-9-11-18(12-10-16)26-17-6-4-3-5-7-17/h3-14H,1-2H3,(H2,22,23,24). The van der Waals surface area contributed by atoms with E-state index in [9.17, 15) is 4.79 Å². The molecular weight excluding hydrogens is 328 g/mol. The zero-order chi connectivity index (χ0) is 18.4. The van der Waals surface area contributed by atoms with Crippen LogP contribution in [0, 0.1) is 6.92 Å². The van der Waals surface area contributed by atoms with E-state index in [4.69, 9.17) is 9.47 Å². The monoisotopic (exact) mass is 348 g/mol. The molecule has 0 aliphatic rings. The molecule has 132 valence electrons. The molecule has 0 radical (unpaired) electrons. The van der Waals surface area contributed by atoms with Gasteiger partial charge >= 0.3 is 6.03 Å². The third-order valence-electron chi connectivity index (χ3n) is 3.69. The van der Waals surface area contributed by atoms with Gasteiger partial charge in [0.25, 0.3) is 0 Å². The Morgan fingerprint density at radius 2 is 1.54 bits per heavy atom. The molecule has 3 rings (SSSR count). The van der Waals surface area contributed by atoms with Crippen molar-refractivity contribution in [1.82, 2.24) is 0 Å². The van der Waals surface area contributed by atoms with E-state index < -0.39 is 0 Å². The molecule has 0 spiro atoms. The van der Waals surface area contributed by atoms with Gasteiger partial charge in [-0.2, -0.15) is 0 Å². The van der Waals surface area contributed by atoms with Crippen LogP contribution in [0.3, 0.4) is 0 Å². The highest BCUT2D eigenvalue weighted by Gasteiger charge is 2.08. The Morgan fingerprint density at radius 1 is 0.846 bits per heavy atom. The molecule has 0 aliphatic heterocycles. The molecule has 3 aromatic rings. The Labute approximate surface area is 152 Å². The number of amides is 2. The van der Waals surface area contributed by atoms with E-state index >= 15 is 0 Å². The highest BCUT2D eigenvalue weighted by atomic mass is 16.5. The number of nitrogens with one attached hydrogen (secondary N) is 2. The van der Waals surface area contributed by atoms with Crippen molar-refractivity contribution in [3.63, 3.8) is 0 Å². The van der Waals surface area contributed by atoms with Gasteiger partial charge < -0.3 is 20.1 Å². The minimum Gasteiger partial charge on any atom is -0.495 e. The Bertz CT molecular complexity index is 878. The first kappa shape index (κ1) is 17.4. The lowest BCUT2D eigenvalue weighted by Crippen LogP contribution is -2.19. The smallest absolute Gasteiger partial charge is 0.323 e. The van der Waals surface area contributed by atoms with Gasteiger partial charge in [-0.3, -0.25) is 0 Å². The van der Waals surface area contributed by atoms with Crippen LogP contribution in [0.1, 0.15) is 5.56 Å². The summed E-state index contributed by atoms with van der Waals surface area (Å²) in [4.78, 5) is 12.2. The van der Waals surface area contributed by atoms with E-state index in [-0.39, 0.29) is 6.03 Å². The van der Waals surface area contributed by atoms with Crippen molar-refractivity contribution in [2.45, 2.75) is 6.92 Å². The summed E-state index contributed by atoms with van der Waals surface area (Å²) in [6.45, 7) is 1.95. The lowest BCUT2D eigenvalue weighted by atomic mass is 10.2. The van der Waals surface area contributed by atoms with E-state index in [0.29, 0.717) is 22.9 Å². The quantitative estimate of drug-likeness (QED) is 0.645. The number of hydrogen-bond acceptors (Lipinski definition) is 3. The van der Waals surface area contributed by atoms with E-state index in [0.717, 1.165) is 11.3 Å². The SMILES string of the molecule is COc1ccc(C)cc1NC(=O)Nc1ccc(Oc2ccccc2)cc1. The fraction of sp³-hybridized carbons (Fsp3) is 0.0952. The summed E-state index contributed by atoms with van der Waals surface area (Å²) in [5.41, 5.74) is 2.31. The predicted molar refractivity (Wildman–Crippen MR) is 103 cm³/mol. The summed E-state index contributed by atoms with van der Waals surface area (Å²) in [5.74, 6) is 2.07. The van der Waals surface area contributed by atoms with Gasteiger partial charge in [0, 0.05) is 5.69 Å². The lowest BCUT2D eigenvalue weighted by Gasteiger charge is -2.12. The van der Waals surface area contributed by atoms with Gasteiger partial charge in [-0.05, 0) is 61.0 Å². The first-order valence-corrected chi connectivity index (χ1v) is 8.19. The molecule has 26 heavy (non-hydrogen) atoms. The van der Waals surface area contributed by atoms with Gasteiger partial charge in [0.15, 0.2) is 0 Å². The molecule has 5 heteroatoms. The van der Waals surface area contributed by atoms with E-state index in [1.165, 1.54) is 0 Å². The molecule has 0 unspecified atom stereocenters. The summed E-state index contributed by atoms with van der Waals surface area (Å²) in [6, 6.07) is 22.0. The Balaban J connectivity index is 1.62. The maximum atomic E-state index is 12.2. The van der Waals surface area contributed by atoms with Gasteiger partial charge in [-0.15, -0.1) is 0 Å². The number of hydrogen-bond donors (Lipinski definition) is 2. The zero-order valence-electron chi connectivity index (χ0n) is 14.7. The van der Waals surface area contributed by atoms with Crippen molar-refractivity contribution >= 4 is 17.4 Å². The van der Waals surface area contributed by atoms with Gasteiger partial charge in [0.2, 0.25) is 0 Å². The lowest BCUT2D eigenvalue weighted by molar-refractivity contribution is 0.262. The largest absolute Gasteiger partial charge is 0.495 e. The number of para-hydroxylation sites is 1. The highest BCUT2D eigenvalue weighted by Crippen LogP contribution is 2.26.